The molecule has 1 aromatic heterocycles. The number of rotatable bonds is 8. The van der Waals surface area contributed by atoms with Gasteiger partial charge in [0.1, 0.15) is 0 Å². The molecule has 0 radical (unpaired) electrons. The van der Waals surface area contributed by atoms with E-state index in [-0.39, 0.29) is 24.6 Å². The molecular weight excluding hydrogens is 353 g/mol. The molecule has 2 amide bonds. The lowest BCUT2D eigenvalue weighted by Crippen LogP contribution is -2.14. The van der Waals surface area contributed by atoms with Crippen LogP contribution < -0.4 is 11.1 Å². The molecule has 0 spiro atoms. The number of primary amides is 1. The van der Waals surface area contributed by atoms with Crippen LogP contribution in [0.15, 0.2) is 28.8 Å². The summed E-state index contributed by atoms with van der Waals surface area (Å²) in [6.07, 6.45) is -2.48. The second kappa shape index (κ2) is 8.45. The summed E-state index contributed by atoms with van der Waals surface area (Å²) in [7, 11) is 0. The molecule has 0 aliphatic carbocycles. The number of aryl methyl sites for hydroxylation is 1. The predicted octanol–water partition coefficient (Wildman–Crippen LogP) is 2.93. The number of halogens is 3. The lowest BCUT2D eigenvalue weighted by molar-refractivity contribution is -0.159. The van der Waals surface area contributed by atoms with E-state index in [2.05, 4.69) is 20.0 Å². The Kier molecular flexibility index (Phi) is 6.31. The van der Waals surface area contributed by atoms with Crippen LogP contribution in [0.5, 0.6) is 0 Å². The number of hydrogen-bond donors (Lipinski definition) is 2. The van der Waals surface area contributed by atoms with Crippen molar-refractivity contribution < 1.29 is 27.3 Å². The Morgan fingerprint density at radius 1 is 1.19 bits per heavy atom. The van der Waals surface area contributed by atoms with Crippen molar-refractivity contribution >= 4 is 17.5 Å². The average molecular weight is 370 g/mol. The molecule has 2 rings (SSSR count). The van der Waals surface area contributed by atoms with Gasteiger partial charge in [0.2, 0.25) is 11.8 Å². The van der Waals surface area contributed by atoms with Crippen LogP contribution in [0.25, 0.3) is 0 Å². The molecule has 2 aromatic rings. The van der Waals surface area contributed by atoms with Gasteiger partial charge in [0.25, 0.3) is 0 Å². The van der Waals surface area contributed by atoms with Crippen molar-refractivity contribution in [3.05, 3.63) is 41.5 Å². The van der Waals surface area contributed by atoms with Crippen LogP contribution in [0, 0.1) is 0 Å². The molecule has 0 bridgehead atoms. The Morgan fingerprint density at radius 2 is 1.96 bits per heavy atom. The molecule has 0 saturated carbocycles. The van der Waals surface area contributed by atoms with Crippen molar-refractivity contribution in [3.63, 3.8) is 0 Å². The maximum Gasteiger partial charge on any atom is 0.471 e. The number of unbranched alkanes of at least 4 members (excludes halogenated alkanes) is 2. The van der Waals surface area contributed by atoms with Crippen molar-refractivity contribution in [2.75, 3.05) is 5.32 Å². The standard InChI is InChI=1S/C16H17F3N4O3/c17-16(18,19)15-22-12(23-26-15)7-2-1-3-8-13(24)21-11-6-4-5-10(9-11)14(20)25/h4-6,9H,1-3,7-8H2,(H2,20,25)(H,21,24). The first-order valence-corrected chi connectivity index (χ1v) is 7.85. The summed E-state index contributed by atoms with van der Waals surface area (Å²) in [5, 5.41) is 5.92. The fourth-order valence-corrected chi connectivity index (χ4v) is 2.19. The van der Waals surface area contributed by atoms with E-state index in [0.717, 1.165) is 0 Å². The van der Waals surface area contributed by atoms with Crippen molar-refractivity contribution in [1.29, 1.82) is 0 Å². The number of alkyl halides is 3. The first kappa shape index (κ1) is 19.4. The molecule has 0 fully saturated rings. The van der Waals surface area contributed by atoms with E-state index in [9.17, 15) is 22.8 Å². The van der Waals surface area contributed by atoms with Gasteiger partial charge in [-0.25, -0.2) is 0 Å². The third kappa shape index (κ3) is 5.87. The first-order valence-electron chi connectivity index (χ1n) is 7.85. The van der Waals surface area contributed by atoms with Gasteiger partial charge in [0.05, 0.1) is 0 Å². The zero-order valence-electron chi connectivity index (χ0n) is 13.7. The number of aromatic nitrogens is 2. The normalized spacial score (nSPS) is 11.3. The molecule has 1 heterocycles. The van der Waals surface area contributed by atoms with Crippen LogP contribution in [0.4, 0.5) is 18.9 Å². The third-order valence-corrected chi connectivity index (χ3v) is 3.45. The summed E-state index contributed by atoms with van der Waals surface area (Å²) < 4.78 is 41.1. The minimum absolute atomic E-state index is 0.00922. The molecule has 0 atom stereocenters. The lowest BCUT2D eigenvalue weighted by atomic mass is 10.1. The van der Waals surface area contributed by atoms with E-state index < -0.39 is 18.0 Å². The number of carbonyl (C=O) groups is 2. The monoisotopic (exact) mass is 370 g/mol. The minimum atomic E-state index is -4.64. The van der Waals surface area contributed by atoms with E-state index in [0.29, 0.717) is 30.5 Å². The molecule has 3 N–H and O–H groups in total. The van der Waals surface area contributed by atoms with Crippen LogP contribution >= 0.6 is 0 Å². The number of nitrogens with zero attached hydrogens (tertiary/aromatic N) is 2. The second-order valence-corrected chi connectivity index (χ2v) is 5.57. The van der Waals surface area contributed by atoms with Gasteiger partial charge in [-0.3, -0.25) is 9.59 Å². The molecule has 0 aliphatic heterocycles. The maximum absolute atomic E-state index is 12.3. The van der Waals surface area contributed by atoms with Crippen molar-refractivity contribution in [1.82, 2.24) is 10.1 Å². The van der Waals surface area contributed by atoms with Gasteiger partial charge in [-0.05, 0) is 31.0 Å². The molecule has 0 unspecified atom stereocenters. The topological polar surface area (TPSA) is 111 Å². The minimum Gasteiger partial charge on any atom is -0.366 e. The lowest BCUT2D eigenvalue weighted by Gasteiger charge is -2.06. The number of benzene rings is 1. The summed E-state index contributed by atoms with van der Waals surface area (Å²) in [6, 6.07) is 6.27. The highest BCUT2D eigenvalue weighted by molar-refractivity contribution is 5.96. The third-order valence-electron chi connectivity index (χ3n) is 3.45. The highest BCUT2D eigenvalue weighted by Crippen LogP contribution is 2.27. The number of nitrogens with two attached hydrogens (primary N) is 1. The van der Waals surface area contributed by atoms with Gasteiger partial charge in [0, 0.05) is 24.1 Å². The SMILES string of the molecule is NC(=O)c1cccc(NC(=O)CCCCCc2noc(C(F)(F)F)n2)c1. The van der Waals surface area contributed by atoms with Crippen LogP contribution in [-0.4, -0.2) is 22.0 Å². The van der Waals surface area contributed by atoms with E-state index >= 15 is 0 Å². The smallest absolute Gasteiger partial charge is 0.366 e. The number of carbonyl (C=O) groups excluding carboxylic acids is 2. The summed E-state index contributed by atoms with van der Waals surface area (Å²) in [4.78, 5) is 26.2. The molecule has 1 aromatic carbocycles. The summed E-state index contributed by atoms with van der Waals surface area (Å²) in [5.41, 5.74) is 5.93. The van der Waals surface area contributed by atoms with Crippen molar-refractivity contribution in [2.24, 2.45) is 5.73 Å². The van der Waals surface area contributed by atoms with E-state index in [1.807, 2.05) is 0 Å². The average Bonchev–Trinajstić information content (AvgIpc) is 3.04. The predicted molar refractivity (Wildman–Crippen MR) is 85.1 cm³/mol. The molecule has 0 saturated heterocycles. The van der Waals surface area contributed by atoms with Crippen LogP contribution in [-0.2, 0) is 17.4 Å². The highest BCUT2D eigenvalue weighted by atomic mass is 19.4. The van der Waals surface area contributed by atoms with Crippen LogP contribution in [0.2, 0.25) is 0 Å². The Bertz CT molecular complexity index is 774. The summed E-state index contributed by atoms with van der Waals surface area (Å²) >= 11 is 0. The van der Waals surface area contributed by atoms with E-state index in [1.165, 1.54) is 6.07 Å². The summed E-state index contributed by atoms with van der Waals surface area (Å²) in [5.74, 6) is -2.18. The Morgan fingerprint density at radius 3 is 2.62 bits per heavy atom. The quantitative estimate of drug-likeness (QED) is 0.694. The first-order chi connectivity index (χ1) is 12.3. The van der Waals surface area contributed by atoms with Crippen LogP contribution in [0.3, 0.4) is 0 Å². The molecular formula is C16H17F3N4O3. The number of amides is 2. The zero-order valence-corrected chi connectivity index (χ0v) is 13.7. The summed E-state index contributed by atoms with van der Waals surface area (Å²) in [6.45, 7) is 0. The number of anilines is 1. The Balaban J connectivity index is 1.68. The molecule has 0 aliphatic rings. The van der Waals surface area contributed by atoms with Crippen LogP contribution in [0.1, 0.15) is 47.8 Å². The maximum atomic E-state index is 12.3. The molecule has 7 nitrogen and oxygen atoms in total. The molecule has 10 heteroatoms. The van der Waals surface area contributed by atoms with Gasteiger partial charge < -0.3 is 15.6 Å². The molecule has 26 heavy (non-hydrogen) atoms. The molecule has 140 valence electrons. The van der Waals surface area contributed by atoms with E-state index in [1.54, 1.807) is 18.2 Å². The second-order valence-electron chi connectivity index (χ2n) is 5.57. The van der Waals surface area contributed by atoms with Gasteiger partial charge >= 0.3 is 12.1 Å². The number of nitrogens with one attached hydrogen (secondary N) is 1. The van der Waals surface area contributed by atoms with Crippen molar-refractivity contribution in [3.8, 4) is 0 Å². The Labute approximate surface area is 146 Å². The van der Waals surface area contributed by atoms with E-state index in [4.69, 9.17) is 5.73 Å². The Hall–Kier alpha value is -2.91. The highest BCUT2D eigenvalue weighted by Gasteiger charge is 2.38. The van der Waals surface area contributed by atoms with Gasteiger partial charge in [-0.1, -0.05) is 17.6 Å². The zero-order chi connectivity index (χ0) is 19.2. The number of hydrogen-bond acceptors (Lipinski definition) is 5. The van der Waals surface area contributed by atoms with Crippen molar-refractivity contribution in [2.45, 2.75) is 38.3 Å². The van der Waals surface area contributed by atoms with Gasteiger partial charge in [-0.15, -0.1) is 0 Å². The van der Waals surface area contributed by atoms with Gasteiger partial charge in [0.15, 0.2) is 5.82 Å². The van der Waals surface area contributed by atoms with Gasteiger partial charge in [-0.2, -0.15) is 18.2 Å². The fourth-order valence-electron chi connectivity index (χ4n) is 2.19. The largest absolute Gasteiger partial charge is 0.471 e. The fraction of sp³-hybridized carbons (Fsp3) is 0.375.